The fourth-order valence-electron chi connectivity index (χ4n) is 2.91. The third-order valence-corrected chi connectivity index (χ3v) is 4.10. The van der Waals surface area contributed by atoms with E-state index in [4.69, 9.17) is 5.11 Å². The van der Waals surface area contributed by atoms with E-state index in [1.165, 1.54) is 19.3 Å². The van der Waals surface area contributed by atoms with Crippen LogP contribution >= 0.6 is 0 Å². The zero-order valence-electron chi connectivity index (χ0n) is 11.0. The van der Waals surface area contributed by atoms with Gasteiger partial charge in [0.2, 0.25) is 0 Å². The number of carboxylic acids is 1. The lowest BCUT2D eigenvalue weighted by molar-refractivity contribution is -0.146. The van der Waals surface area contributed by atoms with Crippen molar-refractivity contribution in [3.63, 3.8) is 0 Å². The predicted molar refractivity (Wildman–Crippen MR) is 67.3 cm³/mol. The lowest BCUT2D eigenvalue weighted by Gasteiger charge is -2.43. The van der Waals surface area contributed by atoms with Gasteiger partial charge in [-0.3, -0.25) is 4.79 Å². The molecule has 18 heavy (non-hydrogen) atoms. The van der Waals surface area contributed by atoms with Crippen LogP contribution in [0.1, 0.15) is 39.0 Å². The number of urea groups is 1. The third-order valence-electron chi connectivity index (χ3n) is 4.10. The van der Waals surface area contributed by atoms with Crippen molar-refractivity contribution in [2.45, 2.75) is 45.1 Å². The van der Waals surface area contributed by atoms with Crippen LogP contribution in [-0.4, -0.2) is 52.6 Å². The summed E-state index contributed by atoms with van der Waals surface area (Å²) < 4.78 is 0. The minimum atomic E-state index is -0.792. The Morgan fingerprint density at radius 3 is 2.33 bits per heavy atom. The first kappa shape index (κ1) is 13.2. The minimum Gasteiger partial charge on any atom is -0.481 e. The smallest absolute Gasteiger partial charge is 0.320 e. The number of carboxylic acid groups (broad SMARTS) is 1. The molecule has 1 aliphatic carbocycles. The summed E-state index contributed by atoms with van der Waals surface area (Å²) in [6.07, 6.45) is 5.86. The van der Waals surface area contributed by atoms with Crippen molar-refractivity contribution < 1.29 is 14.7 Å². The maximum atomic E-state index is 12.3. The van der Waals surface area contributed by atoms with Gasteiger partial charge < -0.3 is 14.9 Å². The molecule has 5 heteroatoms. The highest BCUT2D eigenvalue weighted by Gasteiger charge is 2.38. The standard InChI is InChI=1S/C13H22N2O3/c1-2-15(11-6-4-3-5-7-11)13(18)14-8-10(9-14)12(16)17/h10-11H,2-9H2,1H3,(H,16,17). The second-order valence-corrected chi connectivity index (χ2v) is 5.30. The lowest BCUT2D eigenvalue weighted by atomic mass is 9.94. The van der Waals surface area contributed by atoms with Gasteiger partial charge in [0.05, 0.1) is 5.92 Å². The predicted octanol–water partition coefficient (Wildman–Crippen LogP) is 1.78. The Kier molecular flexibility index (Phi) is 4.09. The van der Waals surface area contributed by atoms with Gasteiger partial charge in [-0.2, -0.15) is 0 Å². The van der Waals surface area contributed by atoms with Crippen LogP contribution in [0.4, 0.5) is 4.79 Å². The Morgan fingerprint density at radius 1 is 1.22 bits per heavy atom. The Labute approximate surface area is 108 Å². The molecule has 102 valence electrons. The first-order valence-corrected chi connectivity index (χ1v) is 6.91. The number of amides is 2. The molecular formula is C13H22N2O3. The van der Waals surface area contributed by atoms with Crippen LogP contribution in [-0.2, 0) is 4.79 Å². The minimum absolute atomic E-state index is 0.0295. The summed E-state index contributed by atoms with van der Waals surface area (Å²) in [5, 5.41) is 8.83. The summed E-state index contributed by atoms with van der Waals surface area (Å²) in [5.41, 5.74) is 0. The summed E-state index contributed by atoms with van der Waals surface area (Å²) in [4.78, 5) is 26.6. The van der Waals surface area contributed by atoms with Crippen LogP contribution in [0.15, 0.2) is 0 Å². The zero-order valence-corrected chi connectivity index (χ0v) is 11.0. The summed E-state index contributed by atoms with van der Waals surface area (Å²) in [6, 6.07) is 0.391. The van der Waals surface area contributed by atoms with Gasteiger partial charge in [-0.05, 0) is 19.8 Å². The maximum absolute atomic E-state index is 12.3. The van der Waals surface area contributed by atoms with E-state index in [-0.39, 0.29) is 11.9 Å². The lowest BCUT2D eigenvalue weighted by Crippen LogP contribution is -2.58. The van der Waals surface area contributed by atoms with Crippen LogP contribution in [0.3, 0.4) is 0 Å². The number of likely N-dealkylation sites (tertiary alicyclic amines) is 1. The van der Waals surface area contributed by atoms with Gasteiger partial charge in [0.1, 0.15) is 0 Å². The van der Waals surface area contributed by atoms with Gasteiger partial charge in [-0.1, -0.05) is 19.3 Å². The van der Waals surface area contributed by atoms with Gasteiger partial charge in [0, 0.05) is 25.7 Å². The van der Waals surface area contributed by atoms with E-state index in [1.54, 1.807) is 4.90 Å². The van der Waals surface area contributed by atoms with E-state index in [1.807, 2.05) is 11.8 Å². The number of hydrogen-bond donors (Lipinski definition) is 1. The molecule has 2 rings (SSSR count). The average molecular weight is 254 g/mol. The summed E-state index contributed by atoms with van der Waals surface area (Å²) in [7, 11) is 0. The number of carbonyl (C=O) groups is 2. The molecule has 0 atom stereocenters. The molecule has 2 amide bonds. The fraction of sp³-hybridized carbons (Fsp3) is 0.846. The van der Waals surface area contributed by atoms with Crippen LogP contribution in [0.2, 0.25) is 0 Å². The molecule has 0 radical (unpaired) electrons. The molecule has 0 unspecified atom stereocenters. The van der Waals surface area contributed by atoms with Gasteiger partial charge in [0.25, 0.3) is 0 Å². The second-order valence-electron chi connectivity index (χ2n) is 5.30. The highest BCUT2D eigenvalue weighted by atomic mass is 16.4. The molecule has 2 fully saturated rings. The molecule has 0 aromatic carbocycles. The number of hydrogen-bond acceptors (Lipinski definition) is 2. The molecule has 0 aromatic rings. The summed E-state index contributed by atoms with van der Waals surface area (Å²) >= 11 is 0. The first-order valence-electron chi connectivity index (χ1n) is 6.91. The van der Waals surface area contributed by atoms with Crippen molar-refractivity contribution in [2.24, 2.45) is 5.92 Å². The van der Waals surface area contributed by atoms with Crippen molar-refractivity contribution in [1.29, 1.82) is 0 Å². The van der Waals surface area contributed by atoms with Crippen LogP contribution in [0.5, 0.6) is 0 Å². The number of carbonyl (C=O) groups excluding carboxylic acids is 1. The third kappa shape index (κ3) is 2.60. The number of nitrogens with zero attached hydrogens (tertiary/aromatic N) is 2. The Bertz CT molecular complexity index is 320. The number of rotatable bonds is 3. The van der Waals surface area contributed by atoms with E-state index in [2.05, 4.69) is 0 Å². The van der Waals surface area contributed by atoms with Crippen LogP contribution < -0.4 is 0 Å². The van der Waals surface area contributed by atoms with Gasteiger partial charge in [-0.25, -0.2) is 4.79 Å². The van der Waals surface area contributed by atoms with Crippen molar-refractivity contribution in [3.05, 3.63) is 0 Å². The van der Waals surface area contributed by atoms with Gasteiger partial charge in [-0.15, -0.1) is 0 Å². The zero-order chi connectivity index (χ0) is 13.1. The Hall–Kier alpha value is -1.26. The molecule has 1 heterocycles. The second kappa shape index (κ2) is 5.59. The van der Waals surface area contributed by atoms with Crippen LogP contribution in [0, 0.1) is 5.92 Å². The topological polar surface area (TPSA) is 60.9 Å². The SMILES string of the molecule is CCN(C(=O)N1CC(C(=O)O)C1)C1CCCCC1. The van der Waals surface area contributed by atoms with Crippen LogP contribution in [0.25, 0.3) is 0 Å². The highest BCUT2D eigenvalue weighted by Crippen LogP contribution is 2.25. The molecule has 0 bridgehead atoms. The van der Waals surface area contributed by atoms with Crippen molar-refractivity contribution in [2.75, 3.05) is 19.6 Å². The quantitative estimate of drug-likeness (QED) is 0.835. The maximum Gasteiger partial charge on any atom is 0.320 e. The molecule has 1 saturated heterocycles. The molecular weight excluding hydrogens is 232 g/mol. The normalized spacial score (nSPS) is 21.5. The molecule has 0 spiro atoms. The average Bonchev–Trinajstić information content (AvgIpc) is 2.29. The van der Waals surface area contributed by atoms with Gasteiger partial charge >= 0.3 is 12.0 Å². The van der Waals surface area contributed by atoms with Crippen molar-refractivity contribution in [1.82, 2.24) is 9.80 Å². The monoisotopic (exact) mass is 254 g/mol. The van der Waals surface area contributed by atoms with E-state index in [9.17, 15) is 9.59 Å². The Morgan fingerprint density at radius 2 is 1.83 bits per heavy atom. The van der Waals surface area contributed by atoms with E-state index < -0.39 is 5.97 Å². The molecule has 1 saturated carbocycles. The molecule has 1 N–H and O–H groups in total. The fourth-order valence-corrected chi connectivity index (χ4v) is 2.91. The Balaban J connectivity index is 1.88. The molecule has 1 aliphatic heterocycles. The largest absolute Gasteiger partial charge is 0.481 e. The van der Waals surface area contributed by atoms with Gasteiger partial charge in [0.15, 0.2) is 0 Å². The molecule has 0 aromatic heterocycles. The van der Waals surface area contributed by atoms with Crippen molar-refractivity contribution in [3.8, 4) is 0 Å². The summed E-state index contributed by atoms with van der Waals surface area (Å²) in [6.45, 7) is 3.47. The first-order chi connectivity index (χ1) is 8.63. The molecule has 2 aliphatic rings. The van der Waals surface area contributed by atoms with E-state index >= 15 is 0 Å². The highest BCUT2D eigenvalue weighted by molar-refractivity contribution is 5.80. The van der Waals surface area contributed by atoms with E-state index in [0.29, 0.717) is 19.1 Å². The number of aliphatic carboxylic acids is 1. The molecule has 5 nitrogen and oxygen atoms in total. The summed E-state index contributed by atoms with van der Waals surface area (Å²) in [5.74, 6) is -1.15. The van der Waals surface area contributed by atoms with Crippen molar-refractivity contribution >= 4 is 12.0 Å². The van der Waals surface area contributed by atoms with E-state index in [0.717, 1.165) is 19.4 Å².